The zero-order valence-corrected chi connectivity index (χ0v) is 60.1. The number of aromatic amines is 1. The van der Waals surface area contributed by atoms with Crippen molar-refractivity contribution in [1.29, 1.82) is 0 Å². The number of aliphatic carboxylic acids is 3. The zero-order chi connectivity index (χ0) is 72.1. The van der Waals surface area contributed by atoms with Crippen LogP contribution in [0.4, 0.5) is 0 Å². The summed E-state index contributed by atoms with van der Waals surface area (Å²) < 4.78 is 0. The van der Waals surface area contributed by atoms with E-state index in [2.05, 4.69) is 47.5 Å². The van der Waals surface area contributed by atoms with E-state index in [-0.39, 0.29) is 141 Å². The molecule has 0 saturated carbocycles. The van der Waals surface area contributed by atoms with Gasteiger partial charge in [0.05, 0.1) is 49.3 Å². The van der Waals surface area contributed by atoms with Crippen molar-refractivity contribution in [2.24, 2.45) is 5.73 Å². The Morgan fingerprint density at radius 3 is 1.68 bits per heavy atom. The van der Waals surface area contributed by atoms with Crippen LogP contribution in [0, 0.1) is 0 Å². The third kappa shape index (κ3) is 28.2. The first-order valence-electron chi connectivity index (χ1n) is 32.5. The molecular weight excluding hydrogens is 1420 g/mol. The number of amides is 8. The Balaban J connectivity index is 0.0000180. The van der Waals surface area contributed by atoms with Crippen molar-refractivity contribution in [3.63, 3.8) is 0 Å². The van der Waals surface area contributed by atoms with Gasteiger partial charge in [0.2, 0.25) is 47.3 Å². The standard InChI is InChI=1S/C65H92N14O18S2.Y/c1-39(81)51(36-80)72-64(96)53-38-99-98-37-52(73-60(92)48(28-41-10-4-3-5-11-41)68-54(84)32-76-20-22-77(33-55(85)86)24-26-79(35-57(89)90)27-25-78(23-21-76)34-56(87)88)63(95)70-49(29-42-15-17-44(83)18-16-42)61(93)71-50(30-43-31-67-46-13-7-6-12-45(43)46)62(94)69-47(14-8-9-19-66)59(91)75-58(40(2)82)65(97)74-53;/h3-7,10-13,15-18,31,39-40,47-53,58,67,80-83H,8-9,14,19-30,32-38,66H2,1-2H3,(H,68,84)(H,69,94)(H,70,95)(H,71,93)(H,72,96)(H,73,92)(H,74,97)(H,75,91)(H,85,86)(H,87,88)(H,89,90);/q;+3/p-3/t39-,40-,47+,48-,49+,50-,51-,52+,53+,58+;/m1./s1/i;1+1. The number of aromatic hydroxyl groups is 1. The van der Waals surface area contributed by atoms with Crippen molar-refractivity contribution in [2.75, 3.05) is 103 Å². The second-order valence-corrected chi connectivity index (χ2v) is 26.9. The number of benzene rings is 3. The Kier molecular flexibility index (Phi) is 35.7. The molecule has 2 fully saturated rings. The summed E-state index contributed by atoms with van der Waals surface area (Å²) in [6.07, 6.45) is -1.38. The van der Waals surface area contributed by atoms with Crippen LogP contribution in [0.1, 0.15) is 49.8 Å². The van der Waals surface area contributed by atoms with Crippen LogP contribution in [0.25, 0.3) is 10.9 Å². The van der Waals surface area contributed by atoms with Gasteiger partial charge in [-0.25, -0.2) is 0 Å². The number of hydrogen-bond acceptors (Lipinski definition) is 25. The van der Waals surface area contributed by atoms with Crippen LogP contribution < -0.4 is 63.6 Å². The summed E-state index contributed by atoms with van der Waals surface area (Å²) in [5.74, 6) is -12.6. The molecule has 8 amide bonds. The number of H-pyrrole nitrogens is 1. The molecule has 2 saturated heterocycles. The van der Waals surface area contributed by atoms with E-state index in [0.717, 1.165) is 21.6 Å². The molecule has 3 heterocycles. The average Bonchev–Trinajstić information content (AvgIpc) is 1.62. The number of rotatable bonds is 26. The van der Waals surface area contributed by atoms with Gasteiger partial charge in [-0.1, -0.05) is 82.3 Å². The van der Waals surface area contributed by atoms with Gasteiger partial charge in [0.15, 0.2) is 0 Å². The maximum absolute atomic E-state index is 15.3. The number of carboxylic acid groups (broad SMARTS) is 3. The normalized spacial score (nSPS) is 21.8. The molecule has 0 spiro atoms. The Morgan fingerprint density at radius 1 is 0.610 bits per heavy atom. The van der Waals surface area contributed by atoms with Gasteiger partial charge >= 0.3 is 32.7 Å². The minimum absolute atomic E-state index is 0. The summed E-state index contributed by atoms with van der Waals surface area (Å²) >= 11 is 0. The Hall–Kier alpha value is -7.35. The van der Waals surface area contributed by atoms with E-state index < -0.39 is 158 Å². The van der Waals surface area contributed by atoms with Crippen LogP contribution in [-0.4, -0.2) is 274 Å². The van der Waals surface area contributed by atoms with E-state index in [1.54, 1.807) is 65.7 Å². The molecule has 6 rings (SSSR count). The third-order valence-electron chi connectivity index (χ3n) is 16.6. The van der Waals surface area contributed by atoms with E-state index in [0.29, 0.717) is 34.0 Å². The van der Waals surface area contributed by atoms with Crippen molar-refractivity contribution in [1.82, 2.24) is 67.1 Å². The molecule has 0 aliphatic carbocycles. The fourth-order valence-electron chi connectivity index (χ4n) is 11.0. The number of aliphatic hydroxyl groups is 3. The number of nitrogens with one attached hydrogen (secondary N) is 9. The van der Waals surface area contributed by atoms with Crippen molar-refractivity contribution >= 4 is 97.7 Å². The van der Waals surface area contributed by atoms with Crippen molar-refractivity contribution in [3.05, 3.63) is 102 Å². The number of carbonyl (C=O) groups excluding carboxylic acids is 11. The molecule has 542 valence electrons. The van der Waals surface area contributed by atoms with E-state index in [1.165, 1.54) is 52.8 Å². The van der Waals surface area contributed by atoms with Crippen LogP contribution in [0.3, 0.4) is 0 Å². The molecule has 15 N–H and O–H groups in total. The van der Waals surface area contributed by atoms with Crippen molar-refractivity contribution in [3.8, 4) is 5.75 Å². The molecule has 32 nitrogen and oxygen atoms in total. The molecule has 0 radical (unpaired) electrons. The first kappa shape index (κ1) is 83.3. The van der Waals surface area contributed by atoms with Crippen LogP contribution >= 0.6 is 21.6 Å². The number of aromatic nitrogens is 1. The number of nitrogens with two attached hydrogens (primary N) is 1. The van der Waals surface area contributed by atoms with E-state index in [4.69, 9.17) is 5.73 Å². The minimum atomic E-state index is -1.78. The maximum Gasteiger partial charge on any atom is 3.00 e. The number of aliphatic hydroxyl groups excluding tert-OH is 3. The molecule has 2 aliphatic heterocycles. The van der Waals surface area contributed by atoms with E-state index in [1.807, 2.05) is 0 Å². The zero-order valence-electron chi connectivity index (χ0n) is 55.7. The molecule has 35 heteroatoms. The smallest absolute Gasteiger partial charge is 0.549 e. The van der Waals surface area contributed by atoms with E-state index >= 15 is 14.4 Å². The number of phenols is 1. The number of para-hydroxylation sites is 1. The molecule has 2 aliphatic rings. The van der Waals surface area contributed by atoms with Crippen LogP contribution in [0.5, 0.6) is 5.75 Å². The number of carbonyl (C=O) groups is 11. The topological polar surface area (TPSA) is 489 Å². The molecule has 100 heavy (non-hydrogen) atoms. The van der Waals surface area contributed by atoms with Gasteiger partial charge in [0.25, 0.3) is 0 Å². The predicted molar refractivity (Wildman–Crippen MR) is 358 cm³/mol. The number of nitrogens with zero attached hydrogens (tertiary/aromatic N) is 4. The van der Waals surface area contributed by atoms with Gasteiger partial charge < -0.3 is 103 Å². The summed E-state index contributed by atoms with van der Waals surface area (Å²) in [5.41, 5.74) is 8.01. The third-order valence-corrected chi connectivity index (χ3v) is 19.0. The number of carboxylic acids is 3. The van der Waals surface area contributed by atoms with Crippen molar-refractivity contribution < 1.29 is 121 Å². The first-order chi connectivity index (χ1) is 47.3. The summed E-state index contributed by atoms with van der Waals surface area (Å²) in [5, 5.41) is 99.3. The van der Waals surface area contributed by atoms with Crippen LogP contribution in [0.15, 0.2) is 85.1 Å². The second kappa shape index (κ2) is 42.8. The largest absolute Gasteiger partial charge is 3.00 e. The minimum Gasteiger partial charge on any atom is -0.549 e. The molecule has 4 aromatic rings. The van der Waals surface area contributed by atoms with E-state index in [9.17, 15) is 74.1 Å². The van der Waals surface area contributed by atoms with Crippen LogP contribution in [0.2, 0.25) is 0 Å². The molecule has 0 unspecified atom stereocenters. The predicted octanol–water partition coefficient (Wildman–Crippen LogP) is -7.47. The maximum atomic E-state index is 15.3. The van der Waals surface area contributed by atoms with Crippen LogP contribution in [-0.2, 0) is 105 Å². The number of hydrogen-bond donors (Lipinski definition) is 14. The van der Waals surface area contributed by atoms with Crippen molar-refractivity contribution in [2.45, 2.75) is 113 Å². The fourth-order valence-corrected chi connectivity index (χ4v) is 13.4. The monoisotopic (exact) mass is 1510 g/mol. The average molecular weight is 1510 g/mol. The van der Waals surface area contributed by atoms with Gasteiger partial charge in [-0.05, 0) is 74.5 Å². The second-order valence-electron chi connectivity index (χ2n) is 24.4. The van der Waals surface area contributed by atoms with Gasteiger partial charge in [-0.2, -0.15) is 0 Å². The molecule has 1 aromatic heterocycles. The molecule has 0 bridgehead atoms. The summed E-state index contributed by atoms with van der Waals surface area (Å²) in [4.78, 5) is 163. The van der Waals surface area contributed by atoms with Gasteiger partial charge in [-0.15, -0.1) is 0 Å². The molecular formula is C65H89N14O18S2Y. The Morgan fingerprint density at radius 2 is 1.13 bits per heavy atom. The molecule has 3 aromatic carbocycles. The number of phenolic OH excluding ortho intramolecular Hbond substituents is 1. The SMILES string of the molecule is C[C@@H](O)[C@@H]1NC(=O)[C@H](CCCCN)NC(=O)[C@@H](Cc2c[nH]c3ccccc23)NC(=O)[C@H](Cc2ccc(O)cc2)NC(=O)[C@@H](NC(=O)[C@@H](Cc2ccccc2)NC(=O)CN2CCN(CC(=O)[O-])CCN(CC(=O)[O-])CCN(CC(=O)[O-])CC2)CSSC[C@@H](C(=O)N[C@H](CO)[C@@H](C)O)NC1=O.[90Y+3]. The summed E-state index contributed by atoms with van der Waals surface area (Å²) in [6, 6.07) is 9.03. The Bertz CT molecular complexity index is 3330. The van der Waals surface area contributed by atoms with Gasteiger partial charge in [0.1, 0.15) is 48.0 Å². The summed E-state index contributed by atoms with van der Waals surface area (Å²) in [6.45, 7) is 0.0360. The van der Waals surface area contributed by atoms with Gasteiger partial charge in [-0.3, -0.25) is 58.0 Å². The number of unbranched alkanes of at least 4 members (excludes halogenated alkanes) is 1. The molecule has 10 atom stereocenters. The quantitative estimate of drug-likeness (QED) is 0.0205. The Labute approximate surface area is 611 Å². The fraction of sp³-hybridized carbons (Fsp3) is 0.523. The first-order valence-corrected chi connectivity index (χ1v) is 35.0. The van der Waals surface area contributed by atoms with Gasteiger partial charge in [0, 0.05) is 120 Å². The summed E-state index contributed by atoms with van der Waals surface area (Å²) in [7, 11) is 1.79. The number of fused-ring (bicyclic) bond motifs is 1.